The first-order valence-electron chi connectivity index (χ1n) is 11.0. The van der Waals surface area contributed by atoms with Crippen LogP contribution in [-0.2, 0) is 20.9 Å². The van der Waals surface area contributed by atoms with Gasteiger partial charge < -0.3 is 25.6 Å². The number of aliphatic imine (C=N–C) groups is 1. The molecule has 2 atom stereocenters. The zero-order valence-corrected chi connectivity index (χ0v) is 21.5. The molecule has 9 nitrogen and oxygen atoms in total. The van der Waals surface area contributed by atoms with E-state index in [0.29, 0.717) is 13.1 Å². The average Bonchev–Trinajstić information content (AvgIpc) is 3.17. The molecule has 3 heterocycles. The molecule has 2 fully saturated rings. The Bertz CT molecular complexity index is 813. The molecule has 1 aromatic rings. The van der Waals surface area contributed by atoms with Gasteiger partial charge in [0.15, 0.2) is 5.96 Å². The van der Waals surface area contributed by atoms with Gasteiger partial charge in [0.1, 0.15) is 5.82 Å². The molecule has 178 valence electrons. The zero-order valence-electron chi connectivity index (χ0n) is 19.1. The second-order valence-electron chi connectivity index (χ2n) is 8.33. The molecule has 2 saturated heterocycles. The van der Waals surface area contributed by atoms with Crippen molar-refractivity contribution in [1.29, 1.82) is 0 Å². The predicted octanol–water partition coefficient (Wildman–Crippen LogP) is 1.61. The summed E-state index contributed by atoms with van der Waals surface area (Å²) in [7, 11) is 1.44. The molecule has 2 aliphatic heterocycles. The number of halogens is 1. The van der Waals surface area contributed by atoms with Crippen LogP contribution in [0, 0.1) is 17.8 Å². The SMILES string of the molecule is CCNC(=NCc1cccnc1N1CCC(C(N)=O)CC1)N1CC(C)C(C(=O)OC)C1.I. The molecule has 3 rings (SSSR count). The third-order valence-corrected chi connectivity index (χ3v) is 6.21. The molecule has 0 spiro atoms. The fourth-order valence-corrected chi connectivity index (χ4v) is 4.40. The normalized spacial score (nSPS) is 21.8. The number of esters is 1. The van der Waals surface area contributed by atoms with Gasteiger partial charge in [-0.3, -0.25) is 9.59 Å². The summed E-state index contributed by atoms with van der Waals surface area (Å²) in [6, 6.07) is 3.96. The summed E-state index contributed by atoms with van der Waals surface area (Å²) >= 11 is 0. The number of carbonyl (C=O) groups excluding carboxylic acids is 2. The quantitative estimate of drug-likeness (QED) is 0.236. The number of rotatable bonds is 6. The van der Waals surface area contributed by atoms with Gasteiger partial charge in [0, 0.05) is 50.4 Å². The average molecular weight is 558 g/mol. The largest absolute Gasteiger partial charge is 0.469 e. The molecule has 0 saturated carbocycles. The highest BCUT2D eigenvalue weighted by molar-refractivity contribution is 14.0. The van der Waals surface area contributed by atoms with E-state index in [0.717, 1.165) is 56.4 Å². The lowest BCUT2D eigenvalue weighted by Crippen LogP contribution is -2.41. The molecule has 1 amide bonds. The fourth-order valence-electron chi connectivity index (χ4n) is 4.40. The lowest BCUT2D eigenvalue weighted by atomic mass is 9.96. The first kappa shape index (κ1) is 26.1. The third kappa shape index (κ3) is 6.23. The number of carbonyl (C=O) groups is 2. The Kier molecular flexibility index (Phi) is 9.98. The number of guanidine groups is 1. The van der Waals surface area contributed by atoms with E-state index in [1.807, 2.05) is 19.1 Å². The van der Waals surface area contributed by atoms with Crippen LogP contribution >= 0.6 is 24.0 Å². The van der Waals surface area contributed by atoms with Crippen molar-refractivity contribution < 1.29 is 14.3 Å². The highest BCUT2D eigenvalue weighted by Gasteiger charge is 2.37. The van der Waals surface area contributed by atoms with Gasteiger partial charge in [-0.15, -0.1) is 24.0 Å². The van der Waals surface area contributed by atoms with Crippen LogP contribution in [0.2, 0.25) is 0 Å². The van der Waals surface area contributed by atoms with Crippen molar-refractivity contribution in [3.63, 3.8) is 0 Å². The van der Waals surface area contributed by atoms with E-state index < -0.39 is 0 Å². The Balaban J connectivity index is 0.00000363. The van der Waals surface area contributed by atoms with Crippen LogP contribution in [0.15, 0.2) is 23.3 Å². The topological polar surface area (TPSA) is 113 Å². The van der Waals surface area contributed by atoms with Crippen LogP contribution in [-0.4, -0.2) is 67.6 Å². The summed E-state index contributed by atoms with van der Waals surface area (Å²) in [4.78, 5) is 37.3. The van der Waals surface area contributed by atoms with Gasteiger partial charge in [0.25, 0.3) is 0 Å². The molecule has 0 aromatic carbocycles. The van der Waals surface area contributed by atoms with E-state index in [-0.39, 0.29) is 53.6 Å². The van der Waals surface area contributed by atoms with Crippen LogP contribution in [0.4, 0.5) is 5.82 Å². The molecular weight excluding hydrogens is 523 g/mol. The smallest absolute Gasteiger partial charge is 0.310 e. The monoisotopic (exact) mass is 558 g/mol. The molecular formula is C22H35IN6O3. The highest BCUT2D eigenvalue weighted by atomic mass is 127. The number of ether oxygens (including phenoxy) is 1. The zero-order chi connectivity index (χ0) is 22.4. The minimum atomic E-state index is -0.217. The number of nitrogens with two attached hydrogens (primary N) is 1. The maximum Gasteiger partial charge on any atom is 0.310 e. The minimum Gasteiger partial charge on any atom is -0.469 e. The second kappa shape index (κ2) is 12.2. The van der Waals surface area contributed by atoms with Crippen LogP contribution in [0.3, 0.4) is 0 Å². The van der Waals surface area contributed by atoms with Gasteiger partial charge in [-0.1, -0.05) is 13.0 Å². The van der Waals surface area contributed by atoms with Crippen LogP contribution in [0.25, 0.3) is 0 Å². The van der Waals surface area contributed by atoms with Crippen molar-refractivity contribution >= 4 is 47.6 Å². The lowest BCUT2D eigenvalue weighted by Gasteiger charge is -2.32. The van der Waals surface area contributed by atoms with Crippen LogP contribution in [0.1, 0.15) is 32.3 Å². The molecule has 10 heteroatoms. The van der Waals surface area contributed by atoms with Gasteiger partial charge in [-0.25, -0.2) is 9.98 Å². The Hall–Kier alpha value is -2.11. The van der Waals surface area contributed by atoms with Crippen LogP contribution < -0.4 is 16.0 Å². The van der Waals surface area contributed by atoms with E-state index in [1.165, 1.54) is 7.11 Å². The summed E-state index contributed by atoms with van der Waals surface area (Å²) in [6.07, 6.45) is 3.28. The number of methoxy groups -OCH3 is 1. The number of likely N-dealkylation sites (tertiary alicyclic amines) is 1. The van der Waals surface area contributed by atoms with Crippen molar-refractivity contribution in [3.8, 4) is 0 Å². The number of nitrogens with zero attached hydrogens (tertiary/aromatic N) is 4. The molecule has 32 heavy (non-hydrogen) atoms. The van der Waals surface area contributed by atoms with Gasteiger partial charge >= 0.3 is 5.97 Å². The van der Waals surface area contributed by atoms with Gasteiger partial charge in [-0.2, -0.15) is 0 Å². The number of hydrogen-bond donors (Lipinski definition) is 2. The maximum atomic E-state index is 12.1. The first-order chi connectivity index (χ1) is 14.9. The van der Waals surface area contributed by atoms with Crippen molar-refractivity contribution in [3.05, 3.63) is 23.9 Å². The predicted molar refractivity (Wildman–Crippen MR) is 135 cm³/mol. The maximum absolute atomic E-state index is 12.1. The molecule has 1 aromatic heterocycles. The second-order valence-corrected chi connectivity index (χ2v) is 8.33. The minimum absolute atomic E-state index is 0. The Morgan fingerprint density at radius 3 is 2.66 bits per heavy atom. The molecule has 3 N–H and O–H groups in total. The summed E-state index contributed by atoms with van der Waals surface area (Å²) in [5.41, 5.74) is 6.50. The van der Waals surface area contributed by atoms with E-state index in [4.69, 9.17) is 15.5 Å². The number of hydrogen-bond acceptors (Lipinski definition) is 6. The molecule has 0 radical (unpaired) electrons. The third-order valence-electron chi connectivity index (χ3n) is 6.21. The van der Waals surface area contributed by atoms with Gasteiger partial charge in [0.05, 0.1) is 19.6 Å². The number of piperidine rings is 1. The number of anilines is 1. The fraction of sp³-hybridized carbons (Fsp3) is 0.636. The number of aromatic nitrogens is 1. The Morgan fingerprint density at radius 2 is 2.03 bits per heavy atom. The highest BCUT2D eigenvalue weighted by Crippen LogP contribution is 2.26. The lowest BCUT2D eigenvalue weighted by molar-refractivity contribution is -0.146. The summed E-state index contributed by atoms with van der Waals surface area (Å²) in [5.74, 6) is 1.33. The first-order valence-corrected chi connectivity index (χ1v) is 11.0. The van der Waals surface area contributed by atoms with Crippen molar-refractivity contribution in [2.75, 3.05) is 44.7 Å². The Morgan fingerprint density at radius 1 is 1.31 bits per heavy atom. The number of pyridine rings is 1. The van der Waals surface area contributed by atoms with Gasteiger partial charge in [-0.05, 0) is 31.7 Å². The van der Waals surface area contributed by atoms with Crippen LogP contribution in [0.5, 0.6) is 0 Å². The number of amides is 1. The Labute approximate surface area is 207 Å². The number of nitrogens with one attached hydrogen (secondary N) is 1. The molecule has 0 aliphatic carbocycles. The van der Waals surface area contributed by atoms with Crippen molar-refractivity contribution in [1.82, 2.24) is 15.2 Å². The molecule has 0 bridgehead atoms. The summed E-state index contributed by atoms with van der Waals surface area (Å²) in [6.45, 7) is 8.19. The standard InChI is InChI=1S/C22H34N6O3.HI/c1-4-24-22(28-13-15(2)18(14-28)21(30)31-3)26-12-17-6-5-9-25-20(17)27-10-7-16(8-11-27)19(23)29;/h5-6,9,15-16,18H,4,7-8,10-14H2,1-3H3,(H2,23,29)(H,24,26);1H. The van der Waals surface area contributed by atoms with E-state index >= 15 is 0 Å². The summed E-state index contributed by atoms with van der Waals surface area (Å²) in [5, 5.41) is 3.35. The van der Waals surface area contributed by atoms with E-state index in [2.05, 4.69) is 27.0 Å². The van der Waals surface area contributed by atoms with E-state index in [9.17, 15) is 9.59 Å². The molecule has 2 unspecified atom stereocenters. The van der Waals surface area contributed by atoms with Crippen molar-refractivity contribution in [2.45, 2.75) is 33.2 Å². The van der Waals surface area contributed by atoms with E-state index in [1.54, 1.807) is 6.20 Å². The van der Waals surface area contributed by atoms with Crippen molar-refractivity contribution in [2.24, 2.45) is 28.5 Å². The number of primary amides is 1. The summed E-state index contributed by atoms with van der Waals surface area (Å²) < 4.78 is 4.96. The molecule has 2 aliphatic rings. The van der Waals surface area contributed by atoms with Gasteiger partial charge in [0.2, 0.25) is 5.91 Å².